The van der Waals surface area contributed by atoms with Gasteiger partial charge in [-0.3, -0.25) is 4.90 Å². The Morgan fingerprint density at radius 2 is 1.95 bits per heavy atom. The number of nitrogens with two attached hydrogens (primary N) is 1. The maximum atomic E-state index is 6.27. The van der Waals surface area contributed by atoms with E-state index in [0.29, 0.717) is 18.6 Å². The molecule has 3 unspecified atom stereocenters. The summed E-state index contributed by atoms with van der Waals surface area (Å²) in [4.78, 5) is 2.51. The number of para-hydroxylation sites is 2. The fourth-order valence-corrected chi connectivity index (χ4v) is 3.81. The van der Waals surface area contributed by atoms with Crippen molar-refractivity contribution in [3.8, 4) is 11.5 Å². The number of halogens is 1. The van der Waals surface area contributed by atoms with Crippen molar-refractivity contribution in [1.29, 1.82) is 0 Å². The molecule has 0 amide bonds. The predicted molar refractivity (Wildman–Crippen MR) is 91.0 cm³/mol. The monoisotopic (exact) mass is 326 g/mol. The van der Waals surface area contributed by atoms with Crippen molar-refractivity contribution >= 4 is 12.4 Å². The third-order valence-electron chi connectivity index (χ3n) is 4.96. The highest BCUT2D eigenvalue weighted by Gasteiger charge is 2.38. The highest BCUT2D eigenvalue weighted by atomic mass is 35.5. The topological polar surface area (TPSA) is 47.7 Å². The second kappa shape index (κ2) is 8.04. The van der Waals surface area contributed by atoms with E-state index in [9.17, 15) is 0 Å². The molecule has 5 heteroatoms. The fraction of sp³-hybridized carbons (Fsp3) is 0.647. The fourth-order valence-electron chi connectivity index (χ4n) is 3.81. The van der Waals surface area contributed by atoms with Gasteiger partial charge in [0.1, 0.15) is 6.61 Å². The molecule has 1 aromatic rings. The number of rotatable bonds is 5. The van der Waals surface area contributed by atoms with Gasteiger partial charge in [0.25, 0.3) is 0 Å². The number of nitrogens with zero attached hydrogens (tertiary/aromatic N) is 1. The second-order valence-corrected chi connectivity index (χ2v) is 6.28. The van der Waals surface area contributed by atoms with E-state index >= 15 is 0 Å². The van der Waals surface area contributed by atoms with Gasteiger partial charge in [-0.1, -0.05) is 18.6 Å². The summed E-state index contributed by atoms with van der Waals surface area (Å²) in [6, 6.07) is 8.22. The average Bonchev–Trinajstić information content (AvgIpc) is 2.92. The summed E-state index contributed by atoms with van der Waals surface area (Å²) in [7, 11) is 1.68. The first-order chi connectivity index (χ1) is 10.3. The molecule has 0 radical (unpaired) electrons. The molecule has 0 aromatic heterocycles. The standard InChI is InChI=1S/C17H26N2O2.ClH/c1-20-16-7-2-3-8-17(16)21-10-9-19-11-13-5-4-6-15(18)14(13)12-19;/h2-3,7-8,13-15H,4-6,9-12,18H2,1H3;1H. The largest absolute Gasteiger partial charge is 0.493 e. The molecule has 1 aliphatic heterocycles. The zero-order chi connectivity index (χ0) is 14.7. The number of methoxy groups -OCH3 is 1. The van der Waals surface area contributed by atoms with Crippen LogP contribution in [0.2, 0.25) is 0 Å². The van der Waals surface area contributed by atoms with E-state index in [1.807, 2.05) is 24.3 Å². The molecule has 2 fully saturated rings. The van der Waals surface area contributed by atoms with Gasteiger partial charge in [-0.15, -0.1) is 12.4 Å². The molecule has 1 saturated carbocycles. The Kier molecular flexibility index (Phi) is 6.36. The molecule has 1 aliphatic carbocycles. The molecule has 0 spiro atoms. The van der Waals surface area contributed by atoms with Crippen LogP contribution in [0.15, 0.2) is 24.3 Å². The van der Waals surface area contributed by atoms with Crippen LogP contribution in [-0.2, 0) is 0 Å². The Labute approximate surface area is 139 Å². The zero-order valence-corrected chi connectivity index (χ0v) is 14.1. The van der Waals surface area contributed by atoms with E-state index in [-0.39, 0.29) is 12.4 Å². The van der Waals surface area contributed by atoms with Crippen molar-refractivity contribution in [2.24, 2.45) is 17.6 Å². The van der Waals surface area contributed by atoms with Gasteiger partial charge in [-0.2, -0.15) is 0 Å². The lowest BCUT2D eigenvalue weighted by Crippen LogP contribution is -2.38. The summed E-state index contributed by atoms with van der Waals surface area (Å²) in [5.41, 5.74) is 6.27. The van der Waals surface area contributed by atoms with Crippen LogP contribution in [0, 0.1) is 11.8 Å². The van der Waals surface area contributed by atoms with Crippen molar-refractivity contribution in [3.63, 3.8) is 0 Å². The molecule has 0 bridgehead atoms. The molecule has 2 N–H and O–H groups in total. The number of likely N-dealkylation sites (tertiary alicyclic amines) is 1. The van der Waals surface area contributed by atoms with Crippen molar-refractivity contribution in [2.45, 2.75) is 25.3 Å². The van der Waals surface area contributed by atoms with Crippen LogP contribution in [0.5, 0.6) is 11.5 Å². The summed E-state index contributed by atoms with van der Waals surface area (Å²) in [5.74, 6) is 3.13. The SMILES string of the molecule is COc1ccccc1OCCN1CC2CCCC(N)C2C1.Cl. The summed E-state index contributed by atoms with van der Waals surface area (Å²) in [6.07, 6.45) is 3.85. The van der Waals surface area contributed by atoms with Gasteiger partial charge in [-0.05, 0) is 36.8 Å². The number of ether oxygens (including phenoxy) is 2. The van der Waals surface area contributed by atoms with Crippen LogP contribution in [0.4, 0.5) is 0 Å². The lowest BCUT2D eigenvalue weighted by atomic mass is 9.78. The molecule has 4 nitrogen and oxygen atoms in total. The Hall–Kier alpha value is -0.970. The molecule has 1 heterocycles. The van der Waals surface area contributed by atoms with Crippen LogP contribution in [-0.4, -0.2) is 44.3 Å². The molecule has 3 atom stereocenters. The third kappa shape index (κ3) is 3.86. The number of hydrogen-bond donors (Lipinski definition) is 1. The van der Waals surface area contributed by atoms with Crippen LogP contribution < -0.4 is 15.2 Å². The Morgan fingerprint density at radius 3 is 2.68 bits per heavy atom. The van der Waals surface area contributed by atoms with E-state index in [4.69, 9.17) is 15.2 Å². The molecule has 1 aromatic carbocycles. The van der Waals surface area contributed by atoms with Gasteiger partial charge in [0, 0.05) is 25.7 Å². The van der Waals surface area contributed by atoms with Gasteiger partial charge in [-0.25, -0.2) is 0 Å². The minimum Gasteiger partial charge on any atom is -0.493 e. The highest BCUT2D eigenvalue weighted by molar-refractivity contribution is 5.85. The summed E-state index contributed by atoms with van der Waals surface area (Å²) < 4.78 is 11.2. The van der Waals surface area contributed by atoms with Gasteiger partial charge in [0.05, 0.1) is 7.11 Å². The first kappa shape index (κ1) is 17.4. The smallest absolute Gasteiger partial charge is 0.161 e. The first-order valence-electron chi connectivity index (χ1n) is 8.01. The molecule has 1 saturated heterocycles. The quantitative estimate of drug-likeness (QED) is 0.903. The number of hydrogen-bond acceptors (Lipinski definition) is 4. The lowest BCUT2D eigenvalue weighted by molar-refractivity contribution is 0.223. The normalized spacial score (nSPS) is 27.8. The van der Waals surface area contributed by atoms with E-state index in [1.165, 1.54) is 25.8 Å². The van der Waals surface area contributed by atoms with Crippen molar-refractivity contribution in [3.05, 3.63) is 24.3 Å². The Morgan fingerprint density at radius 1 is 1.18 bits per heavy atom. The molecular formula is C17H27ClN2O2. The van der Waals surface area contributed by atoms with Gasteiger partial charge in [0.2, 0.25) is 0 Å². The van der Waals surface area contributed by atoms with Crippen LogP contribution in [0.3, 0.4) is 0 Å². The minimum absolute atomic E-state index is 0. The highest BCUT2D eigenvalue weighted by Crippen LogP contribution is 2.35. The van der Waals surface area contributed by atoms with Crippen LogP contribution in [0.1, 0.15) is 19.3 Å². The Balaban J connectivity index is 0.00000176. The van der Waals surface area contributed by atoms with Gasteiger partial charge < -0.3 is 15.2 Å². The molecular weight excluding hydrogens is 300 g/mol. The van der Waals surface area contributed by atoms with Crippen molar-refractivity contribution in [1.82, 2.24) is 4.90 Å². The number of benzene rings is 1. The van der Waals surface area contributed by atoms with E-state index in [1.54, 1.807) is 7.11 Å². The molecule has 2 aliphatic rings. The van der Waals surface area contributed by atoms with E-state index < -0.39 is 0 Å². The van der Waals surface area contributed by atoms with E-state index in [0.717, 1.165) is 30.5 Å². The van der Waals surface area contributed by atoms with Gasteiger partial charge in [0.15, 0.2) is 11.5 Å². The molecule has 124 valence electrons. The van der Waals surface area contributed by atoms with Crippen molar-refractivity contribution in [2.75, 3.05) is 33.4 Å². The average molecular weight is 327 g/mol. The maximum absolute atomic E-state index is 6.27. The summed E-state index contributed by atoms with van der Waals surface area (Å²) in [6.45, 7) is 4.00. The lowest BCUT2D eigenvalue weighted by Gasteiger charge is -2.29. The van der Waals surface area contributed by atoms with E-state index in [2.05, 4.69) is 4.90 Å². The second-order valence-electron chi connectivity index (χ2n) is 6.28. The predicted octanol–water partition coefficient (Wildman–Crippen LogP) is 2.56. The summed E-state index contributed by atoms with van der Waals surface area (Å²) in [5, 5.41) is 0. The zero-order valence-electron chi connectivity index (χ0n) is 13.2. The Bertz CT molecular complexity index is 472. The first-order valence-corrected chi connectivity index (χ1v) is 8.01. The minimum atomic E-state index is 0. The maximum Gasteiger partial charge on any atom is 0.161 e. The van der Waals surface area contributed by atoms with Crippen molar-refractivity contribution < 1.29 is 9.47 Å². The number of fused-ring (bicyclic) bond motifs is 1. The van der Waals surface area contributed by atoms with Gasteiger partial charge >= 0.3 is 0 Å². The van der Waals surface area contributed by atoms with Crippen LogP contribution >= 0.6 is 12.4 Å². The third-order valence-corrected chi connectivity index (χ3v) is 4.96. The molecule has 3 rings (SSSR count). The summed E-state index contributed by atoms with van der Waals surface area (Å²) >= 11 is 0. The van der Waals surface area contributed by atoms with Crippen LogP contribution in [0.25, 0.3) is 0 Å². The molecule has 22 heavy (non-hydrogen) atoms.